The van der Waals surface area contributed by atoms with E-state index in [0.717, 1.165) is 0 Å². The minimum absolute atomic E-state index is 0.0148. The molecule has 114 valence electrons. The predicted molar refractivity (Wildman–Crippen MR) is 85.5 cm³/mol. The second kappa shape index (κ2) is 5.78. The Balaban J connectivity index is 2.44. The van der Waals surface area contributed by atoms with Crippen LogP contribution in [0.15, 0.2) is 30.5 Å². The number of aromatic nitrogens is 2. The number of hydrogen-bond acceptors (Lipinski definition) is 3. The topological polar surface area (TPSA) is 27.1 Å². The number of benzene rings is 1. The highest BCUT2D eigenvalue weighted by atomic mass is 35.5. The molecule has 1 aromatic carbocycles. The molecule has 2 heterocycles. The van der Waals surface area contributed by atoms with Gasteiger partial charge in [-0.1, -0.05) is 17.7 Å². The first-order valence-corrected chi connectivity index (χ1v) is 7.42. The van der Waals surface area contributed by atoms with Crippen LogP contribution in [0.4, 0.5) is 8.28 Å². The molecule has 0 saturated heterocycles. The highest BCUT2D eigenvalue weighted by Crippen LogP contribution is 2.41. The third-order valence-electron chi connectivity index (χ3n) is 3.53. The lowest BCUT2D eigenvalue weighted by Gasteiger charge is -2.11. The standard InChI is InChI=1S/C15H11ClF2N2OS/c1-8-9-7-19-13(16)6-11(9)20(22-18)15(8)14-10(17)4-3-5-12(14)21-2/h3-7H,1-2H3. The van der Waals surface area contributed by atoms with Crippen molar-refractivity contribution in [1.29, 1.82) is 0 Å². The maximum Gasteiger partial charge on any atom is 0.170 e. The minimum atomic E-state index is -0.486. The molecule has 0 radical (unpaired) electrons. The number of nitrogens with zero attached hydrogens (tertiary/aromatic N) is 2. The van der Waals surface area contributed by atoms with Gasteiger partial charge in [0.15, 0.2) is 12.3 Å². The first kappa shape index (κ1) is 15.1. The molecule has 0 aliphatic rings. The summed E-state index contributed by atoms with van der Waals surface area (Å²) in [6.07, 6.45) is 1.55. The minimum Gasteiger partial charge on any atom is -0.496 e. The van der Waals surface area contributed by atoms with E-state index in [1.54, 1.807) is 31.3 Å². The third-order valence-corrected chi connectivity index (χ3v) is 4.25. The predicted octanol–water partition coefficient (Wildman–Crippen LogP) is 5.19. The number of halogens is 3. The van der Waals surface area contributed by atoms with Gasteiger partial charge in [-0.25, -0.2) is 9.37 Å². The molecule has 3 aromatic rings. The summed E-state index contributed by atoms with van der Waals surface area (Å²) in [4.78, 5) is 4.01. The summed E-state index contributed by atoms with van der Waals surface area (Å²) >= 11 is 5.88. The van der Waals surface area contributed by atoms with Crippen molar-refractivity contribution >= 4 is 34.8 Å². The molecule has 0 fully saturated rings. The van der Waals surface area contributed by atoms with Gasteiger partial charge in [-0.2, -0.15) is 0 Å². The summed E-state index contributed by atoms with van der Waals surface area (Å²) in [5.74, 6) is -0.153. The molecule has 2 aromatic heterocycles. The van der Waals surface area contributed by atoms with Crippen molar-refractivity contribution in [3.05, 3.63) is 47.0 Å². The summed E-state index contributed by atoms with van der Waals surface area (Å²) in [6.45, 7) is 1.78. The van der Waals surface area contributed by atoms with Gasteiger partial charge < -0.3 is 4.74 Å². The van der Waals surface area contributed by atoms with Crippen molar-refractivity contribution < 1.29 is 13.0 Å². The maximum absolute atomic E-state index is 14.4. The van der Waals surface area contributed by atoms with Gasteiger partial charge in [0.05, 0.1) is 23.9 Å². The van der Waals surface area contributed by atoms with E-state index < -0.39 is 5.82 Å². The van der Waals surface area contributed by atoms with E-state index in [4.69, 9.17) is 16.3 Å². The van der Waals surface area contributed by atoms with Crippen LogP contribution in [0.25, 0.3) is 22.2 Å². The van der Waals surface area contributed by atoms with E-state index in [1.807, 2.05) is 0 Å². The average Bonchev–Trinajstić information content (AvgIpc) is 2.78. The molecule has 0 atom stereocenters. The Kier molecular flexibility index (Phi) is 3.97. The molecule has 0 aliphatic carbocycles. The quantitative estimate of drug-likeness (QED) is 0.614. The van der Waals surface area contributed by atoms with E-state index >= 15 is 0 Å². The fraction of sp³-hybridized carbons (Fsp3) is 0.133. The van der Waals surface area contributed by atoms with Crippen LogP contribution in [0.2, 0.25) is 5.15 Å². The van der Waals surface area contributed by atoms with E-state index in [1.165, 1.54) is 17.1 Å². The third kappa shape index (κ3) is 2.23. The molecule has 7 heteroatoms. The summed E-state index contributed by atoms with van der Waals surface area (Å²) in [7, 11) is 1.45. The van der Waals surface area contributed by atoms with Crippen molar-refractivity contribution in [1.82, 2.24) is 8.96 Å². The molecular weight excluding hydrogens is 330 g/mol. The SMILES string of the molecule is COc1cccc(F)c1-c1c(C)c2cnc(Cl)cc2n1SF. The van der Waals surface area contributed by atoms with Gasteiger partial charge in [-0.05, 0) is 24.6 Å². The first-order chi connectivity index (χ1) is 10.6. The molecule has 0 amide bonds. The number of pyridine rings is 1. The fourth-order valence-electron chi connectivity index (χ4n) is 2.54. The normalized spacial score (nSPS) is 11.1. The molecule has 0 N–H and O–H groups in total. The van der Waals surface area contributed by atoms with Crippen LogP contribution >= 0.6 is 23.9 Å². The van der Waals surface area contributed by atoms with E-state index in [0.29, 0.717) is 27.9 Å². The second-order valence-electron chi connectivity index (χ2n) is 4.68. The van der Waals surface area contributed by atoms with Gasteiger partial charge in [0.1, 0.15) is 16.7 Å². The zero-order chi connectivity index (χ0) is 15.9. The first-order valence-electron chi connectivity index (χ1n) is 6.37. The van der Waals surface area contributed by atoms with E-state index in [-0.39, 0.29) is 23.1 Å². The van der Waals surface area contributed by atoms with Crippen molar-refractivity contribution in [3.8, 4) is 17.0 Å². The van der Waals surface area contributed by atoms with Crippen LogP contribution in [0.3, 0.4) is 0 Å². The Bertz CT molecular complexity index is 866. The Morgan fingerprint density at radius 3 is 2.82 bits per heavy atom. The Morgan fingerprint density at radius 1 is 1.36 bits per heavy atom. The largest absolute Gasteiger partial charge is 0.496 e. The van der Waals surface area contributed by atoms with Crippen LogP contribution in [0, 0.1) is 12.7 Å². The van der Waals surface area contributed by atoms with Crippen molar-refractivity contribution in [2.45, 2.75) is 6.92 Å². The van der Waals surface area contributed by atoms with Crippen molar-refractivity contribution in [2.24, 2.45) is 0 Å². The zero-order valence-electron chi connectivity index (χ0n) is 11.7. The molecule has 0 saturated carbocycles. The molecule has 22 heavy (non-hydrogen) atoms. The smallest absolute Gasteiger partial charge is 0.170 e. The number of fused-ring (bicyclic) bond motifs is 1. The van der Waals surface area contributed by atoms with Gasteiger partial charge >= 0.3 is 0 Å². The van der Waals surface area contributed by atoms with Gasteiger partial charge in [0.25, 0.3) is 0 Å². The van der Waals surface area contributed by atoms with Gasteiger partial charge in [0, 0.05) is 17.6 Å². The average molecular weight is 341 g/mol. The molecule has 3 nitrogen and oxygen atoms in total. The van der Waals surface area contributed by atoms with Crippen LogP contribution in [0.1, 0.15) is 5.56 Å². The van der Waals surface area contributed by atoms with Crippen LogP contribution in [0.5, 0.6) is 5.75 Å². The van der Waals surface area contributed by atoms with Gasteiger partial charge in [-0.3, -0.25) is 3.97 Å². The summed E-state index contributed by atoms with van der Waals surface area (Å²) in [5.41, 5.74) is 1.83. The molecule has 0 aliphatic heterocycles. The number of methoxy groups -OCH3 is 1. The molecule has 3 rings (SSSR count). The maximum atomic E-state index is 14.4. The Labute approximate surface area is 135 Å². The van der Waals surface area contributed by atoms with E-state index in [9.17, 15) is 8.28 Å². The highest BCUT2D eigenvalue weighted by Gasteiger charge is 2.23. The lowest BCUT2D eigenvalue weighted by Crippen LogP contribution is -1.96. The van der Waals surface area contributed by atoms with Crippen molar-refractivity contribution in [2.75, 3.05) is 7.11 Å². The summed E-state index contributed by atoms with van der Waals surface area (Å²) in [5, 5.41) is 0.946. The van der Waals surface area contributed by atoms with Gasteiger partial charge in [0.2, 0.25) is 0 Å². The lowest BCUT2D eigenvalue weighted by molar-refractivity contribution is 0.413. The fourth-order valence-corrected chi connectivity index (χ4v) is 3.22. The van der Waals surface area contributed by atoms with Crippen LogP contribution in [-0.4, -0.2) is 16.1 Å². The van der Waals surface area contributed by atoms with E-state index in [2.05, 4.69) is 4.98 Å². The van der Waals surface area contributed by atoms with Crippen LogP contribution in [-0.2, 0) is 0 Å². The second-order valence-corrected chi connectivity index (χ2v) is 5.57. The molecule has 0 unspecified atom stereocenters. The van der Waals surface area contributed by atoms with Crippen molar-refractivity contribution in [3.63, 3.8) is 0 Å². The highest BCUT2D eigenvalue weighted by molar-refractivity contribution is 7.93. The number of aryl methyl sites for hydroxylation is 1. The van der Waals surface area contributed by atoms with Crippen LogP contribution < -0.4 is 4.74 Å². The summed E-state index contributed by atoms with van der Waals surface area (Å²) < 4.78 is 34.4. The number of ether oxygens (including phenoxy) is 1. The Morgan fingerprint density at radius 2 is 2.14 bits per heavy atom. The lowest BCUT2D eigenvalue weighted by atomic mass is 10.1. The number of hydrogen-bond donors (Lipinski definition) is 0. The molecular formula is C15H11ClF2N2OS. The molecule has 0 bridgehead atoms. The summed E-state index contributed by atoms with van der Waals surface area (Å²) in [6, 6.07) is 6.04. The van der Waals surface area contributed by atoms with Gasteiger partial charge in [-0.15, -0.1) is 3.89 Å². The Hall–Kier alpha value is -1.79. The monoisotopic (exact) mass is 340 g/mol. The molecule has 0 spiro atoms. The number of rotatable bonds is 3. The zero-order valence-corrected chi connectivity index (χ0v) is 13.3.